The lowest BCUT2D eigenvalue weighted by Gasteiger charge is -2.26. The molecule has 0 unspecified atom stereocenters. The molecule has 6 nitrogen and oxygen atoms in total. The van der Waals surface area contributed by atoms with E-state index >= 15 is 0 Å². The van der Waals surface area contributed by atoms with Gasteiger partial charge in [0.1, 0.15) is 11.3 Å². The molecule has 0 bridgehead atoms. The van der Waals surface area contributed by atoms with Crippen molar-refractivity contribution in [2.75, 3.05) is 12.0 Å². The van der Waals surface area contributed by atoms with Crippen molar-refractivity contribution in [1.82, 2.24) is 5.32 Å². The molecule has 33 heavy (non-hydrogen) atoms. The maximum absolute atomic E-state index is 13.1. The third-order valence-corrected chi connectivity index (χ3v) is 6.13. The fourth-order valence-corrected chi connectivity index (χ4v) is 4.02. The molecule has 1 fully saturated rings. The lowest BCUT2D eigenvalue weighted by atomic mass is 10.0. The first-order chi connectivity index (χ1) is 15.9. The second-order valence-corrected chi connectivity index (χ2v) is 8.49. The molecule has 7 heteroatoms. The van der Waals surface area contributed by atoms with Gasteiger partial charge in [0.2, 0.25) is 0 Å². The van der Waals surface area contributed by atoms with Crippen LogP contribution in [-0.2, 0) is 16.0 Å². The van der Waals surface area contributed by atoms with Crippen LogP contribution in [0, 0.1) is 6.92 Å². The van der Waals surface area contributed by atoms with Crippen LogP contribution in [0.2, 0.25) is 0 Å². The molecule has 1 heterocycles. The van der Waals surface area contributed by atoms with Gasteiger partial charge in [-0.05, 0) is 54.0 Å². The number of carbonyl (C=O) groups excluding carboxylic acids is 3. The number of nitrogens with zero attached hydrogens (tertiary/aromatic N) is 1. The van der Waals surface area contributed by atoms with Crippen molar-refractivity contribution in [3.8, 4) is 5.75 Å². The first-order valence-corrected chi connectivity index (χ1v) is 11.0. The predicted octanol–water partition coefficient (Wildman–Crippen LogP) is 5.02. The monoisotopic (exact) mass is 504 g/mol. The Morgan fingerprint density at radius 3 is 2.39 bits per heavy atom. The van der Waals surface area contributed by atoms with E-state index < -0.39 is 17.8 Å². The zero-order chi connectivity index (χ0) is 23.5. The molecule has 4 amide bonds. The average molecular weight is 505 g/mol. The zero-order valence-electron chi connectivity index (χ0n) is 18.1. The third-order valence-electron chi connectivity index (χ3n) is 5.35. The van der Waals surface area contributed by atoms with Crippen LogP contribution in [0.5, 0.6) is 5.75 Å². The third kappa shape index (κ3) is 4.73. The minimum absolute atomic E-state index is 0.129. The highest BCUT2D eigenvalue weighted by atomic mass is 79.9. The lowest BCUT2D eigenvalue weighted by Crippen LogP contribution is -2.54. The van der Waals surface area contributed by atoms with Crippen molar-refractivity contribution in [3.05, 3.63) is 99.0 Å². The fourth-order valence-electron chi connectivity index (χ4n) is 3.60. The van der Waals surface area contributed by atoms with Crippen LogP contribution in [0.3, 0.4) is 0 Å². The van der Waals surface area contributed by atoms with Crippen molar-refractivity contribution in [1.29, 1.82) is 0 Å². The number of carbonyl (C=O) groups is 3. The van der Waals surface area contributed by atoms with E-state index in [9.17, 15) is 14.4 Å². The summed E-state index contributed by atoms with van der Waals surface area (Å²) in [6.07, 6.45) is 2.12. The summed E-state index contributed by atoms with van der Waals surface area (Å²) in [6.45, 7) is 1.91. The van der Waals surface area contributed by atoms with Crippen molar-refractivity contribution in [3.63, 3.8) is 0 Å². The number of ether oxygens (including phenoxy) is 1. The van der Waals surface area contributed by atoms with Crippen LogP contribution in [0.1, 0.15) is 22.3 Å². The molecule has 0 aliphatic carbocycles. The largest absolute Gasteiger partial charge is 0.496 e. The number of benzene rings is 3. The number of hydrogen-bond acceptors (Lipinski definition) is 4. The van der Waals surface area contributed by atoms with Gasteiger partial charge in [-0.2, -0.15) is 0 Å². The van der Waals surface area contributed by atoms with Gasteiger partial charge < -0.3 is 4.74 Å². The van der Waals surface area contributed by atoms with Crippen LogP contribution in [0.4, 0.5) is 10.5 Å². The Hall–Kier alpha value is -3.71. The number of imide groups is 2. The first-order valence-electron chi connectivity index (χ1n) is 10.3. The molecule has 0 atom stereocenters. The summed E-state index contributed by atoms with van der Waals surface area (Å²) < 4.78 is 6.57. The molecular formula is C26H21BrN2O4. The molecular weight excluding hydrogens is 484 g/mol. The summed E-state index contributed by atoms with van der Waals surface area (Å²) in [5.74, 6) is -0.774. The molecule has 1 N–H and O–H groups in total. The number of halogens is 1. The quantitative estimate of drug-likeness (QED) is 0.390. The van der Waals surface area contributed by atoms with Gasteiger partial charge in [0.15, 0.2) is 0 Å². The van der Waals surface area contributed by atoms with E-state index in [0.29, 0.717) is 23.4 Å². The number of anilines is 1. The van der Waals surface area contributed by atoms with Gasteiger partial charge in [-0.15, -0.1) is 0 Å². The molecule has 3 aromatic carbocycles. The molecule has 0 spiro atoms. The van der Waals surface area contributed by atoms with Gasteiger partial charge in [-0.3, -0.25) is 14.9 Å². The summed E-state index contributed by atoms with van der Waals surface area (Å²) in [7, 11) is 1.58. The van der Waals surface area contributed by atoms with E-state index in [4.69, 9.17) is 4.74 Å². The highest BCUT2D eigenvalue weighted by Gasteiger charge is 2.36. The van der Waals surface area contributed by atoms with Gasteiger partial charge >= 0.3 is 6.03 Å². The van der Waals surface area contributed by atoms with E-state index in [1.54, 1.807) is 37.4 Å². The molecule has 0 aromatic heterocycles. The number of nitrogens with one attached hydrogen (secondary N) is 1. The first kappa shape index (κ1) is 22.5. The van der Waals surface area contributed by atoms with Crippen molar-refractivity contribution < 1.29 is 19.1 Å². The van der Waals surface area contributed by atoms with Crippen LogP contribution < -0.4 is 15.0 Å². The van der Waals surface area contributed by atoms with Gasteiger partial charge in [-0.1, -0.05) is 64.0 Å². The number of methoxy groups -OCH3 is 1. The minimum atomic E-state index is -0.771. The fraction of sp³-hybridized carbons (Fsp3) is 0.115. The second-order valence-electron chi connectivity index (χ2n) is 7.63. The van der Waals surface area contributed by atoms with Crippen LogP contribution >= 0.6 is 15.9 Å². The molecule has 1 aliphatic rings. The standard InChI is InChI=1S/C26H21BrN2O4/c1-16-7-11-20(12-8-16)29-25(31)21(24(30)28-26(29)32)13-17-9-10-19(23(14-17)33-2)15-18-5-3-4-6-22(18)27/h3-14H,15H2,1-2H3,(H,28,30,32)/b21-13+. The Bertz CT molecular complexity index is 1280. The van der Waals surface area contributed by atoms with Crippen LogP contribution in [0.25, 0.3) is 6.08 Å². The molecule has 166 valence electrons. The Labute approximate surface area is 200 Å². The number of barbiturate groups is 1. The highest BCUT2D eigenvalue weighted by Crippen LogP contribution is 2.28. The SMILES string of the molecule is COc1cc(/C=C2\C(=O)NC(=O)N(c3ccc(C)cc3)C2=O)ccc1Cc1ccccc1Br. The van der Waals surface area contributed by atoms with Crippen LogP contribution in [-0.4, -0.2) is 25.0 Å². The predicted molar refractivity (Wildman–Crippen MR) is 130 cm³/mol. The molecule has 1 aliphatic heterocycles. The normalized spacial score (nSPS) is 15.1. The maximum Gasteiger partial charge on any atom is 0.335 e. The maximum atomic E-state index is 13.1. The number of urea groups is 1. The van der Waals surface area contributed by atoms with E-state index in [0.717, 1.165) is 26.1 Å². The molecule has 0 saturated carbocycles. The summed E-state index contributed by atoms with van der Waals surface area (Å²) in [5.41, 5.74) is 3.93. The second kappa shape index (κ2) is 9.42. The summed E-state index contributed by atoms with van der Waals surface area (Å²) in [4.78, 5) is 38.9. The van der Waals surface area contributed by atoms with E-state index in [1.807, 2.05) is 43.3 Å². The summed E-state index contributed by atoms with van der Waals surface area (Å²) >= 11 is 3.56. The zero-order valence-corrected chi connectivity index (χ0v) is 19.7. The summed E-state index contributed by atoms with van der Waals surface area (Å²) in [6, 6.07) is 19.6. The molecule has 0 radical (unpaired) electrons. The van der Waals surface area contributed by atoms with Gasteiger partial charge in [0, 0.05) is 10.9 Å². The Balaban J connectivity index is 1.66. The van der Waals surface area contributed by atoms with E-state index in [-0.39, 0.29) is 5.57 Å². The Kier molecular flexibility index (Phi) is 6.42. The van der Waals surface area contributed by atoms with E-state index in [2.05, 4.69) is 21.2 Å². The summed E-state index contributed by atoms with van der Waals surface area (Å²) in [5, 5.41) is 2.24. The lowest BCUT2D eigenvalue weighted by molar-refractivity contribution is -0.122. The van der Waals surface area contributed by atoms with Gasteiger partial charge in [0.05, 0.1) is 12.8 Å². The number of rotatable bonds is 5. The number of amides is 4. The Morgan fingerprint density at radius 1 is 0.970 bits per heavy atom. The highest BCUT2D eigenvalue weighted by molar-refractivity contribution is 9.10. The molecule has 3 aromatic rings. The smallest absolute Gasteiger partial charge is 0.335 e. The van der Waals surface area contributed by atoms with Crippen molar-refractivity contribution >= 4 is 45.5 Å². The Morgan fingerprint density at radius 2 is 1.70 bits per heavy atom. The topological polar surface area (TPSA) is 75.7 Å². The van der Waals surface area contributed by atoms with Gasteiger partial charge in [0.25, 0.3) is 11.8 Å². The van der Waals surface area contributed by atoms with Crippen molar-refractivity contribution in [2.45, 2.75) is 13.3 Å². The average Bonchev–Trinajstić information content (AvgIpc) is 2.80. The van der Waals surface area contributed by atoms with Gasteiger partial charge in [-0.25, -0.2) is 9.69 Å². The number of aryl methyl sites for hydroxylation is 1. The minimum Gasteiger partial charge on any atom is -0.496 e. The number of hydrogen-bond donors (Lipinski definition) is 1. The molecule has 4 rings (SSSR count). The molecule has 1 saturated heterocycles. The van der Waals surface area contributed by atoms with Crippen LogP contribution in [0.15, 0.2) is 76.8 Å². The van der Waals surface area contributed by atoms with Crippen molar-refractivity contribution in [2.24, 2.45) is 0 Å². The van der Waals surface area contributed by atoms with E-state index in [1.165, 1.54) is 6.08 Å².